The lowest BCUT2D eigenvalue weighted by Gasteiger charge is -2.06. The third-order valence-electron chi connectivity index (χ3n) is 2.46. The fourth-order valence-electron chi connectivity index (χ4n) is 1.60. The van der Waals surface area contributed by atoms with E-state index < -0.39 is 0 Å². The zero-order valence-electron chi connectivity index (χ0n) is 10.4. The van der Waals surface area contributed by atoms with Crippen molar-refractivity contribution in [1.82, 2.24) is 5.43 Å². The molecule has 0 bridgehead atoms. The molecule has 2 aromatic rings. The first-order valence-electron chi connectivity index (χ1n) is 5.77. The summed E-state index contributed by atoms with van der Waals surface area (Å²) in [6.45, 7) is 1.67. The summed E-state index contributed by atoms with van der Waals surface area (Å²) in [5.41, 5.74) is 2.35. The molecule has 0 radical (unpaired) electrons. The number of hydrogen-bond donors (Lipinski definition) is 1. The van der Waals surface area contributed by atoms with Gasteiger partial charge in [0.25, 0.3) is 5.91 Å². The molecule has 2 rings (SSSR count). The second kappa shape index (κ2) is 6.33. The van der Waals surface area contributed by atoms with E-state index in [9.17, 15) is 4.79 Å². The quantitative estimate of drug-likeness (QED) is 0.695. The Bertz CT molecular complexity index is 626. The number of carbonyl (C=O) groups is 1. The van der Waals surface area contributed by atoms with E-state index in [1.165, 1.54) is 6.21 Å². The van der Waals surface area contributed by atoms with E-state index >= 15 is 0 Å². The van der Waals surface area contributed by atoms with Gasteiger partial charge in [-0.05, 0) is 42.0 Å². The van der Waals surface area contributed by atoms with E-state index in [4.69, 9.17) is 4.74 Å². The van der Waals surface area contributed by atoms with Crippen LogP contribution >= 0.6 is 15.9 Å². The van der Waals surface area contributed by atoms with Crippen LogP contribution in [0, 0.1) is 0 Å². The molecule has 0 atom stereocenters. The van der Waals surface area contributed by atoms with Gasteiger partial charge < -0.3 is 4.74 Å². The molecule has 5 heteroatoms. The molecular weight excluding hydrogens is 308 g/mol. The molecule has 0 spiro atoms. The maximum absolute atomic E-state index is 11.3. The third kappa shape index (κ3) is 3.79. The average Bonchev–Trinajstić information content (AvgIpc) is 2.42. The Morgan fingerprint density at radius 3 is 2.84 bits per heavy atom. The van der Waals surface area contributed by atoms with Crippen molar-refractivity contribution in [3.05, 3.63) is 40.9 Å². The Hall–Kier alpha value is -1.88. The number of nitrogens with zero attached hydrogens (tertiary/aromatic N) is 1. The minimum Gasteiger partial charge on any atom is -0.484 e. The van der Waals surface area contributed by atoms with Crippen LogP contribution in [0.15, 0.2) is 46.0 Å². The first-order chi connectivity index (χ1) is 9.19. The van der Waals surface area contributed by atoms with Crippen LogP contribution in [0.3, 0.4) is 0 Å². The Kier molecular flexibility index (Phi) is 4.52. The smallest absolute Gasteiger partial charge is 0.277 e. The van der Waals surface area contributed by atoms with Gasteiger partial charge >= 0.3 is 0 Å². The van der Waals surface area contributed by atoms with Gasteiger partial charge in [0.1, 0.15) is 5.75 Å². The van der Waals surface area contributed by atoms with Crippen LogP contribution < -0.4 is 10.2 Å². The molecule has 0 aliphatic carbocycles. The summed E-state index contributed by atoms with van der Waals surface area (Å²) in [5.74, 6) is 0.374. The number of rotatable bonds is 4. The highest BCUT2D eigenvalue weighted by Gasteiger charge is 2.02. The van der Waals surface area contributed by atoms with E-state index in [-0.39, 0.29) is 12.5 Å². The molecule has 0 fully saturated rings. The van der Waals surface area contributed by atoms with Gasteiger partial charge in [0.05, 0.1) is 0 Å². The average molecular weight is 321 g/mol. The number of amides is 1. The number of nitrogens with one attached hydrogen (secondary N) is 1. The highest BCUT2D eigenvalue weighted by atomic mass is 79.9. The summed E-state index contributed by atoms with van der Waals surface area (Å²) in [4.78, 5) is 11.3. The topological polar surface area (TPSA) is 50.7 Å². The molecule has 19 heavy (non-hydrogen) atoms. The maximum atomic E-state index is 11.3. The predicted molar refractivity (Wildman–Crippen MR) is 79.5 cm³/mol. The van der Waals surface area contributed by atoms with Gasteiger partial charge in [-0.3, -0.25) is 4.79 Å². The summed E-state index contributed by atoms with van der Waals surface area (Å²) in [6, 6.07) is 11.7. The molecule has 2 aromatic carbocycles. The molecule has 0 unspecified atom stereocenters. The Balaban J connectivity index is 2.05. The summed E-state index contributed by atoms with van der Waals surface area (Å²) in [5, 5.41) is 5.81. The van der Waals surface area contributed by atoms with Crippen molar-refractivity contribution < 1.29 is 9.53 Å². The van der Waals surface area contributed by atoms with Crippen LogP contribution in [0.4, 0.5) is 0 Å². The number of halogens is 1. The SMILES string of the molecule is CC=NNC(=O)COc1ccc2cc(Br)ccc2c1. The van der Waals surface area contributed by atoms with E-state index in [2.05, 4.69) is 26.5 Å². The van der Waals surface area contributed by atoms with Crippen LogP contribution in [0.1, 0.15) is 6.92 Å². The van der Waals surface area contributed by atoms with E-state index in [1.807, 2.05) is 36.4 Å². The fraction of sp³-hybridized carbons (Fsp3) is 0.143. The van der Waals surface area contributed by atoms with Crippen LogP contribution in [-0.4, -0.2) is 18.7 Å². The lowest BCUT2D eigenvalue weighted by atomic mass is 10.1. The maximum Gasteiger partial charge on any atom is 0.277 e. The standard InChI is InChI=1S/C14H13BrN2O2/c1-2-16-17-14(18)9-19-13-6-4-10-7-12(15)5-3-11(10)8-13/h2-8H,9H2,1H3,(H,17,18). The molecule has 1 amide bonds. The van der Waals surface area contributed by atoms with Gasteiger partial charge in [-0.25, -0.2) is 5.43 Å². The van der Waals surface area contributed by atoms with Crippen LogP contribution in [-0.2, 0) is 4.79 Å². The van der Waals surface area contributed by atoms with E-state index in [1.54, 1.807) is 6.92 Å². The lowest BCUT2D eigenvalue weighted by Crippen LogP contribution is -2.24. The van der Waals surface area contributed by atoms with Crippen molar-refractivity contribution in [2.75, 3.05) is 6.61 Å². The van der Waals surface area contributed by atoms with Crippen molar-refractivity contribution in [3.8, 4) is 5.75 Å². The molecule has 0 saturated carbocycles. The van der Waals surface area contributed by atoms with Gasteiger partial charge in [0.15, 0.2) is 6.61 Å². The summed E-state index contributed by atoms with van der Waals surface area (Å²) >= 11 is 3.43. The molecule has 0 aromatic heterocycles. The van der Waals surface area contributed by atoms with Crippen LogP contribution in [0.25, 0.3) is 10.8 Å². The van der Waals surface area contributed by atoms with Crippen molar-refractivity contribution in [1.29, 1.82) is 0 Å². The van der Waals surface area contributed by atoms with Gasteiger partial charge in [0, 0.05) is 10.7 Å². The molecule has 1 N–H and O–H groups in total. The van der Waals surface area contributed by atoms with Gasteiger partial charge in [-0.2, -0.15) is 5.10 Å². The normalized spacial score (nSPS) is 10.8. The highest BCUT2D eigenvalue weighted by molar-refractivity contribution is 9.10. The van der Waals surface area contributed by atoms with Gasteiger partial charge in [0.2, 0.25) is 0 Å². The molecule has 98 valence electrons. The zero-order chi connectivity index (χ0) is 13.7. The summed E-state index contributed by atoms with van der Waals surface area (Å²) in [7, 11) is 0. The number of fused-ring (bicyclic) bond motifs is 1. The molecule has 0 heterocycles. The zero-order valence-corrected chi connectivity index (χ0v) is 12.0. The van der Waals surface area contributed by atoms with Crippen molar-refractivity contribution in [3.63, 3.8) is 0 Å². The third-order valence-corrected chi connectivity index (χ3v) is 2.96. The lowest BCUT2D eigenvalue weighted by molar-refractivity contribution is -0.123. The molecule has 4 nitrogen and oxygen atoms in total. The predicted octanol–water partition coefficient (Wildman–Crippen LogP) is 3.10. The number of hydrogen-bond acceptors (Lipinski definition) is 3. The first-order valence-corrected chi connectivity index (χ1v) is 6.57. The van der Waals surface area contributed by atoms with E-state index in [0.29, 0.717) is 5.75 Å². The number of ether oxygens (including phenoxy) is 1. The van der Waals surface area contributed by atoms with E-state index in [0.717, 1.165) is 15.2 Å². The van der Waals surface area contributed by atoms with Crippen LogP contribution in [0.2, 0.25) is 0 Å². The van der Waals surface area contributed by atoms with Crippen LogP contribution in [0.5, 0.6) is 5.75 Å². The van der Waals surface area contributed by atoms with Crippen molar-refractivity contribution in [2.45, 2.75) is 6.92 Å². The van der Waals surface area contributed by atoms with Crippen molar-refractivity contribution in [2.24, 2.45) is 5.10 Å². The Morgan fingerprint density at radius 1 is 1.32 bits per heavy atom. The monoisotopic (exact) mass is 320 g/mol. The Labute approximate surface area is 119 Å². The minimum absolute atomic E-state index is 0.0562. The molecule has 0 saturated heterocycles. The second-order valence-corrected chi connectivity index (χ2v) is 4.78. The molecule has 0 aliphatic heterocycles. The second-order valence-electron chi connectivity index (χ2n) is 3.86. The van der Waals surface area contributed by atoms with Gasteiger partial charge in [-0.1, -0.05) is 28.1 Å². The highest BCUT2D eigenvalue weighted by Crippen LogP contribution is 2.23. The number of benzene rings is 2. The first kappa shape index (κ1) is 13.5. The summed E-state index contributed by atoms with van der Waals surface area (Å²) in [6.07, 6.45) is 1.51. The van der Waals surface area contributed by atoms with Gasteiger partial charge in [-0.15, -0.1) is 0 Å². The fourth-order valence-corrected chi connectivity index (χ4v) is 1.98. The number of hydrazone groups is 1. The molecular formula is C14H13BrN2O2. The summed E-state index contributed by atoms with van der Waals surface area (Å²) < 4.78 is 6.44. The largest absolute Gasteiger partial charge is 0.484 e. The number of carbonyl (C=O) groups excluding carboxylic acids is 1. The molecule has 0 aliphatic rings. The van der Waals surface area contributed by atoms with Crippen molar-refractivity contribution >= 4 is 38.8 Å². The minimum atomic E-state index is -0.283. The Morgan fingerprint density at radius 2 is 2.05 bits per heavy atom.